The minimum absolute atomic E-state index is 0.00723. The van der Waals surface area contributed by atoms with Crippen molar-refractivity contribution >= 4 is 11.8 Å². The number of ketones is 1. The Morgan fingerprint density at radius 1 is 1.26 bits per heavy atom. The molecule has 0 aromatic rings. The highest BCUT2D eigenvalue weighted by Gasteiger charge is 2.60. The molecular weight excluding hydrogens is 244 g/mol. The smallest absolute Gasteiger partial charge is 0.331 e. The van der Waals surface area contributed by atoms with E-state index in [1.807, 2.05) is 6.92 Å². The van der Waals surface area contributed by atoms with Crippen molar-refractivity contribution < 1.29 is 19.8 Å². The minimum Gasteiger partial charge on any atom is -0.478 e. The Kier molecular flexibility index (Phi) is 3.33. The predicted octanol–water partition coefficient (Wildman–Crippen LogP) is 2.16. The molecule has 0 spiro atoms. The maximum atomic E-state index is 11.8. The summed E-state index contributed by atoms with van der Waals surface area (Å²) < 4.78 is 0. The second kappa shape index (κ2) is 4.44. The van der Waals surface area contributed by atoms with Crippen LogP contribution in [0.15, 0.2) is 12.2 Å². The first-order chi connectivity index (χ1) is 8.71. The molecule has 0 bridgehead atoms. The molecule has 2 fully saturated rings. The Balaban J connectivity index is 2.29. The molecule has 0 aliphatic heterocycles. The van der Waals surface area contributed by atoms with Crippen molar-refractivity contribution in [1.82, 2.24) is 0 Å². The van der Waals surface area contributed by atoms with Gasteiger partial charge in [-0.15, -0.1) is 0 Å². The highest BCUT2D eigenvalue weighted by Crippen LogP contribution is 2.59. The number of rotatable bonds is 3. The molecule has 4 nitrogen and oxygen atoms in total. The van der Waals surface area contributed by atoms with Crippen LogP contribution < -0.4 is 0 Å². The zero-order valence-corrected chi connectivity index (χ0v) is 11.6. The number of Topliss-reactive ketones (excluding diaryl/α,β-unsaturated/α-hetero) is 1. The number of carboxylic acids is 1. The van der Waals surface area contributed by atoms with E-state index in [4.69, 9.17) is 5.11 Å². The summed E-state index contributed by atoms with van der Waals surface area (Å²) in [6.07, 6.45) is 3.37. The van der Waals surface area contributed by atoms with Gasteiger partial charge in [-0.25, -0.2) is 4.79 Å². The molecule has 0 radical (unpaired) electrons. The summed E-state index contributed by atoms with van der Waals surface area (Å²) in [5.74, 6) is -1.58. The van der Waals surface area contributed by atoms with Crippen LogP contribution in [0.2, 0.25) is 0 Å². The average Bonchev–Trinajstić information content (AvgIpc) is 2.59. The Morgan fingerprint density at radius 2 is 1.84 bits per heavy atom. The second-order valence-electron chi connectivity index (χ2n) is 6.46. The van der Waals surface area contributed by atoms with Gasteiger partial charge in [0.15, 0.2) is 0 Å². The summed E-state index contributed by atoms with van der Waals surface area (Å²) in [6, 6.07) is 0. The van der Waals surface area contributed by atoms with Crippen LogP contribution in [-0.4, -0.2) is 27.6 Å². The lowest BCUT2D eigenvalue weighted by molar-refractivity contribution is -0.148. The van der Waals surface area contributed by atoms with Gasteiger partial charge in [0.1, 0.15) is 5.78 Å². The van der Waals surface area contributed by atoms with E-state index < -0.39 is 11.6 Å². The second-order valence-corrected chi connectivity index (χ2v) is 6.46. The molecule has 106 valence electrons. The largest absolute Gasteiger partial charge is 0.478 e. The maximum Gasteiger partial charge on any atom is 0.331 e. The first-order valence-corrected chi connectivity index (χ1v) is 6.86. The molecule has 2 aliphatic rings. The van der Waals surface area contributed by atoms with Crippen molar-refractivity contribution in [1.29, 1.82) is 0 Å². The third-order valence-corrected chi connectivity index (χ3v) is 5.47. The monoisotopic (exact) mass is 266 g/mol. The molecule has 19 heavy (non-hydrogen) atoms. The zero-order valence-electron chi connectivity index (χ0n) is 11.6. The lowest BCUT2D eigenvalue weighted by atomic mass is 9.59. The van der Waals surface area contributed by atoms with Crippen LogP contribution in [0.3, 0.4) is 0 Å². The molecule has 0 aromatic heterocycles. The zero-order chi connectivity index (χ0) is 14.4. The quantitative estimate of drug-likeness (QED) is 0.768. The molecular formula is C15H22O4. The van der Waals surface area contributed by atoms with E-state index in [0.29, 0.717) is 12.8 Å². The summed E-state index contributed by atoms with van der Waals surface area (Å²) in [6.45, 7) is 7.16. The van der Waals surface area contributed by atoms with Gasteiger partial charge in [-0.3, -0.25) is 4.79 Å². The Hall–Kier alpha value is -1.16. The normalized spacial score (nSPS) is 41.6. The molecule has 2 N–H and O–H groups in total. The van der Waals surface area contributed by atoms with Gasteiger partial charge >= 0.3 is 5.97 Å². The summed E-state index contributed by atoms with van der Waals surface area (Å²) >= 11 is 0. The number of carbonyl (C=O) groups is 2. The van der Waals surface area contributed by atoms with Gasteiger partial charge in [-0.2, -0.15) is 0 Å². The van der Waals surface area contributed by atoms with Crippen molar-refractivity contribution in [3.63, 3.8) is 0 Å². The van der Waals surface area contributed by atoms with Crippen molar-refractivity contribution in [2.24, 2.45) is 17.3 Å². The fraction of sp³-hybridized carbons (Fsp3) is 0.733. The number of hydrogen-bond donors (Lipinski definition) is 2. The topological polar surface area (TPSA) is 74.6 Å². The van der Waals surface area contributed by atoms with E-state index in [-0.39, 0.29) is 28.6 Å². The Bertz CT molecular complexity index is 441. The fourth-order valence-corrected chi connectivity index (χ4v) is 4.05. The molecule has 0 heterocycles. The van der Waals surface area contributed by atoms with E-state index in [9.17, 15) is 14.7 Å². The summed E-state index contributed by atoms with van der Waals surface area (Å²) in [7, 11) is 0. The molecule has 0 aromatic carbocycles. The van der Waals surface area contributed by atoms with Gasteiger partial charge in [0.05, 0.1) is 5.60 Å². The van der Waals surface area contributed by atoms with Gasteiger partial charge in [-0.1, -0.05) is 13.5 Å². The van der Waals surface area contributed by atoms with Gasteiger partial charge < -0.3 is 10.2 Å². The summed E-state index contributed by atoms with van der Waals surface area (Å²) in [5, 5.41) is 20.1. The molecule has 0 saturated heterocycles. The minimum atomic E-state index is -1.07. The number of aliphatic carboxylic acids is 1. The molecule has 4 atom stereocenters. The molecule has 0 amide bonds. The number of fused-ring (bicyclic) bond motifs is 1. The summed E-state index contributed by atoms with van der Waals surface area (Å²) in [4.78, 5) is 22.8. The predicted molar refractivity (Wildman–Crippen MR) is 70.6 cm³/mol. The first kappa shape index (κ1) is 14.3. The van der Waals surface area contributed by atoms with Crippen LogP contribution in [0.5, 0.6) is 0 Å². The van der Waals surface area contributed by atoms with Crippen LogP contribution >= 0.6 is 0 Å². The Labute approximate surface area is 113 Å². The fourth-order valence-electron chi connectivity index (χ4n) is 4.05. The summed E-state index contributed by atoms with van der Waals surface area (Å²) in [5.41, 5.74) is -1.18. The van der Waals surface area contributed by atoms with E-state index in [1.54, 1.807) is 0 Å². The van der Waals surface area contributed by atoms with Crippen LogP contribution in [0.1, 0.15) is 46.0 Å². The van der Waals surface area contributed by atoms with Gasteiger partial charge in [0, 0.05) is 11.5 Å². The molecule has 4 unspecified atom stereocenters. The maximum absolute atomic E-state index is 11.8. The van der Waals surface area contributed by atoms with Gasteiger partial charge in [-0.05, 0) is 50.4 Å². The van der Waals surface area contributed by atoms with Gasteiger partial charge in [0.25, 0.3) is 0 Å². The van der Waals surface area contributed by atoms with E-state index in [2.05, 4.69) is 6.58 Å². The highest BCUT2D eigenvalue weighted by molar-refractivity contribution is 5.86. The number of carboxylic acid groups (broad SMARTS) is 1. The van der Waals surface area contributed by atoms with Crippen molar-refractivity contribution in [2.45, 2.75) is 51.6 Å². The van der Waals surface area contributed by atoms with Crippen molar-refractivity contribution in [2.75, 3.05) is 0 Å². The molecule has 4 heteroatoms. The van der Waals surface area contributed by atoms with Crippen molar-refractivity contribution in [3.05, 3.63) is 12.2 Å². The SMILES string of the molecule is C=C(C(=O)O)C1CCC2(C)CCC(C(C)=O)C2(O)C1. The third kappa shape index (κ3) is 2.02. The van der Waals surface area contributed by atoms with E-state index in [0.717, 1.165) is 19.3 Å². The number of carbonyl (C=O) groups excluding carboxylic acids is 1. The van der Waals surface area contributed by atoms with Crippen LogP contribution in [0, 0.1) is 17.3 Å². The third-order valence-electron chi connectivity index (χ3n) is 5.47. The van der Waals surface area contributed by atoms with Crippen LogP contribution in [0.4, 0.5) is 0 Å². The lowest BCUT2D eigenvalue weighted by Gasteiger charge is -2.49. The standard InChI is InChI=1S/C15H22O4/c1-9(13(17)18)11-4-6-14(3)7-5-12(10(2)16)15(14,19)8-11/h11-12,19H,1,4-8H2,2-3H3,(H,17,18). The average molecular weight is 266 g/mol. The number of aliphatic hydroxyl groups is 1. The van der Waals surface area contributed by atoms with Gasteiger partial charge in [0.2, 0.25) is 0 Å². The Morgan fingerprint density at radius 3 is 2.37 bits per heavy atom. The van der Waals surface area contributed by atoms with E-state index in [1.165, 1.54) is 6.92 Å². The molecule has 2 saturated carbocycles. The van der Waals surface area contributed by atoms with Crippen molar-refractivity contribution in [3.8, 4) is 0 Å². The highest BCUT2D eigenvalue weighted by atomic mass is 16.4. The lowest BCUT2D eigenvalue weighted by Crippen LogP contribution is -2.53. The first-order valence-electron chi connectivity index (χ1n) is 6.86. The molecule has 2 aliphatic carbocycles. The van der Waals surface area contributed by atoms with Crippen LogP contribution in [-0.2, 0) is 9.59 Å². The van der Waals surface area contributed by atoms with E-state index >= 15 is 0 Å². The van der Waals surface area contributed by atoms with Crippen LogP contribution in [0.25, 0.3) is 0 Å². The number of hydrogen-bond acceptors (Lipinski definition) is 3. The molecule has 2 rings (SSSR count).